The van der Waals surface area contributed by atoms with Crippen molar-refractivity contribution in [3.05, 3.63) is 63.9 Å². The van der Waals surface area contributed by atoms with E-state index in [1.54, 1.807) is 17.4 Å². The van der Waals surface area contributed by atoms with Crippen LogP contribution in [0.4, 0.5) is 5.82 Å². The summed E-state index contributed by atoms with van der Waals surface area (Å²) in [5.74, 6) is 1.39. The van der Waals surface area contributed by atoms with Gasteiger partial charge >= 0.3 is 0 Å². The van der Waals surface area contributed by atoms with Gasteiger partial charge in [-0.25, -0.2) is 9.97 Å². The molecule has 0 saturated heterocycles. The molecule has 0 atom stereocenters. The molecule has 0 saturated carbocycles. The van der Waals surface area contributed by atoms with Crippen molar-refractivity contribution in [2.24, 2.45) is 0 Å². The molecule has 0 aliphatic rings. The zero-order valence-electron chi connectivity index (χ0n) is 11.3. The normalized spacial score (nSPS) is 10.5. The van der Waals surface area contributed by atoms with Gasteiger partial charge in [0.05, 0.1) is 0 Å². The first-order chi connectivity index (χ1) is 10.3. The topological polar surface area (TPSA) is 37.8 Å². The number of hydrogen-bond donors (Lipinski definition) is 1. The number of hydrogen-bond acceptors (Lipinski definition) is 4. The van der Waals surface area contributed by atoms with Gasteiger partial charge in [-0.15, -0.1) is 0 Å². The largest absolute Gasteiger partial charge is 0.370 e. The van der Waals surface area contributed by atoms with Crippen LogP contribution in [0.2, 0.25) is 5.15 Å². The van der Waals surface area contributed by atoms with E-state index in [1.165, 1.54) is 5.56 Å². The van der Waals surface area contributed by atoms with Crippen LogP contribution in [0, 0.1) is 0 Å². The van der Waals surface area contributed by atoms with E-state index in [4.69, 9.17) is 11.6 Å². The lowest BCUT2D eigenvalue weighted by Crippen LogP contribution is -2.07. The molecule has 0 unspecified atom stereocenters. The van der Waals surface area contributed by atoms with Gasteiger partial charge in [-0.05, 0) is 28.8 Å². The van der Waals surface area contributed by atoms with Crippen molar-refractivity contribution in [3.8, 4) is 11.4 Å². The molecular formula is C16H14ClN3S. The Morgan fingerprint density at radius 3 is 2.71 bits per heavy atom. The highest BCUT2D eigenvalue weighted by atomic mass is 35.5. The van der Waals surface area contributed by atoms with Crippen molar-refractivity contribution in [2.75, 3.05) is 11.9 Å². The summed E-state index contributed by atoms with van der Waals surface area (Å²) in [6.07, 6.45) is 0.964. The maximum Gasteiger partial charge on any atom is 0.163 e. The summed E-state index contributed by atoms with van der Waals surface area (Å²) >= 11 is 7.80. The van der Waals surface area contributed by atoms with Gasteiger partial charge in [-0.1, -0.05) is 41.9 Å². The number of rotatable bonds is 5. The number of anilines is 1. The maximum absolute atomic E-state index is 6.09. The van der Waals surface area contributed by atoms with E-state index >= 15 is 0 Å². The fraction of sp³-hybridized carbons (Fsp3) is 0.125. The maximum atomic E-state index is 6.09. The molecule has 0 bridgehead atoms. The minimum atomic E-state index is 0.446. The number of nitrogens with one attached hydrogen (secondary N) is 1. The van der Waals surface area contributed by atoms with Crippen LogP contribution in [0.15, 0.2) is 53.2 Å². The summed E-state index contributed by atoms with van der Waals surface area (Å²) < 4.78 is 0. The van der Waals surface area contributed by atoms with Crippen molar-refractivity contribution in [2.45, 2.75) is 6.42 Å². The first-order valence-electron chi connectivity index (χ1n) is 6.66. The molecule has 3 nitrogen and oxygen atoms in total. The molecule has 2 heterocycles. The van der Waals surface area contributed by atoms with Gasteiger partial charge in [0.1, 0.15) is 11.0 Å². The van der Waals surface area contributed by atoms with Gasteiger partial charge in [0.2, 0.25) is 0 Å². The molecule has 1 aromatic carbocycles. The highest BCUT2D eigenvalue weighted by molar-refractivity contribution is 7.07. The van der Waals surface area contributed by atoms with Crippen molar-refractivity contribution >= 4 is 28.8 Å². The van der Waals surface area contributed by atoms with E-state index in [2.05, 4.69) is 32.1 Å². The highest BCUT2D eigenvalue weighted by Gasteiger charge is 2.05. The molecule has 5 heteroatoms. The van der Waals surface area contributed by atoms with Crippen LogP contribution in [0.1, 0.15) is 5.56 Å². The van der Waals surface area contributed by atoms with Gasteiger partial charge in [0.25, 0.3) is 0 Å². The standard InChI is InChI=1S/C16H14ClN3S/c17-14-10-15(18-8-6-12-7-9-21-11-12)20-16(19-14)13-4-2-1-3-5-13/h1-5,7,9-11H,6,8H2,(H,18,19,20). The quantitative estimate of drug-likeness (QED) is 0.704. The Kier molecular flexibility index (Phi) is 4.48. The van der Waals surface area contributed by atoms with Crippen LogP contribution in [0.25, 0.3) is 11.4 Å². The smallest absolute Gasteiger partial charge is 0.163 e. The van der Waals surface area contributed by atoms with Crippen molar-refractivity contribution in [1.82, 2.24) is 9.97 Å². The molecule has 3 rings (SSSR count). The zero-order chi connectivity index (χ0) is 14.5. The molecular weight excluding hydrogens is 302 g/mol. The molecule has 1 N–H and O–H groups in total. The molecule has 0 spiro atoms. The Bertz CT molecular complexity index is 699. The van der Waals surface area contributed by atoms with E-state index in [0.717, 1.165) is 24.3 Å². The average Bonchev–Trinajstić information content (AvgIpc) is 3.01. The lowest BCUT2D eigenvalue weighted by atomic mass is 10.2. The van der Waals surface area contributed by atoms with Gasteiger partial charge in [0.15, 0.2) is 5.82 Å². The molecule has 21 heavy (non-hydrogen) atoms. The Balaban J connectivity index is 1.72. The second kappa shape index (κ2) is 6.70. The average molecular weight is 316 g/mol. The third-order valence-electron chi connectivity index (χ3n) is 3.03. The van der Waals surface area contributed by atoms with Gasteiger partial charge < -0.3 is 5.32 Å². The lowest BCUT2D eigenvalue weighted by Gasteiger charge is -2.07. The van der Waals surface area contributed by atoms with Crippen LogP contribution in [0.3, 0.4) is 0 Å². The highest BCUT2D eigenvalue weighted by Crippen LogP contribution is 2.20. The summed E-state index contributed by atoms with van der Waals surface area (Å²) in [7, 11) is 0. The molecule has 0 aliphatic carbocycles. The van der Waals surface area contributed by atoms with Crippen molar-refractivity contribution < 1.29 is 0 Å². The minimum absolute atomic E-state index is 0.446. The van der Waals surface area contributed by atoms with Gasteiger partial charge in [-0.2, -0.15) is 11.3 Å². The van der Waals surface area contributed by atoms with Crippen LogP contribution in [-0.4, -0.2) is 16.5 Å². The van der Waals surface area contributed by atoms with Crippen LogP contribution < -0.4 is 5.32 Å². The zero-order valence-corrected chi connectivity index (χ0v) is 12.9. The molecule has 0 amide bonds. The summed E-state index contributed by atoms with van der Waals surface area (Å²) in [4.78, 5) is 8.80. The SMILES string of the molecule is Clc1cc(NCCc2ccsc2)nc(-c2ccccc2)n1. The predicted molar refractivity (Wildman–Crippen MR) is 89.0 cm³/mol. The number of halogens is 1. The third-order valence-corrected chi connectivity index (χ3v) is 3.95. The summed E-state index contributed by atoms with van der Waals surface area (Å²) in [5.41, 5.74) is 2.29. The summed E-state index contributed by atoms with van der Waals surface area (Å²) in [6, 6.07) is 13.7. The summed E-state index contributed by atoms with van der Waals surface area (Å²) in [6.45, 7) is 0.818. The Morgan fingerprint density at radius 2 is 1.95 bits per heavy atom. The first-order valence-corrected chi connectivity index (χ1v) is 7.98. The first kappa shape index (κ1) is 14.0. The molecule has 2 aromatic heterocycles. The van der Waals surface area contributed by atoms with Crippen LogP contribution >= 0.6 is 22.9 Å². The Morgan fingerprint density at radius 1 is 1.10 bits per heavy atom. The molecule has 0 aliphatic heterocycles. The van der Waals surface area contributed by atoms with Gasteiger partial charge in [-0.3, -0.25) is 0 Å². The van der Waals surface area contributed by atoms with E-state index in [-0.39, 0.29) is 0 Å². The third kappa shape index (κ3) is 3.80. The van der Waals surface area contributed by atoms with E-state index in [1.807, 2.05) is 30.3 Å². The van der Waals surface area contributed by atoms with Crippen molar-refractivity contribution in [1.29, 1.82) is 0 Å². The lowest BCUT2D eigenvalue weighted by molar-refractivity contribution is 1.01. The monoisotopic (exact) mass is 315 g/mol. The number of nitrogens with zero attached hydrogens (tertiary/aromatic N) is 2. The molecule has 3 aromatic rings. The Hall–Kier alpha value is -1.91. The van der Waals surface area contributed by atoms with Gasteiger partial charge in [0, 0.05) is 18.2 Å². The van der Waals surface area contributed by atoms with Crippen LogP contribution in [0.5, 0.6) is 0 Å². The fourth-order valence-corrected chi connectivity index (χ4v) is 2.88. The number of thiophene rings is 1. The fourth-order valence-electron chi connectivity index (χ4n) is 1.99. The summed E-state index contributed by atoms with van der Waals surface area (Å²) in [5, 5.41) is 7.99. The van der Waals surface area contributed by atoms with Crippen LogP contribution in [-0.2, 0) is 6.42 Å². The second-order valence-electron chi connectivity index (χ2n) is 4.57. The second-order valence-corrected chi connectivity index (χ2v) is 5.74. The van der Waals surface area contributed by atoms with E-state index in [0.29, 0.717) is 11.0 Å². The number of aromatic nitrogens is 2. The Labute approximate surface area is 132 Å². The minimum Gasteiger partial charge on any atom is -0.370 e. The van der Waals surface area contributed by atoms with E-state index < -0.39 is 0 Å². The molecule has 0 radical (unpaired) electrons. The predicted octanol–water partition coefficient (Wildman–Crippen LogP) is 4.51. The molecule has 0 fully saturated rings. The number of benzene rings is 1. The van der Waals surface area contributed by atoms with Crippen molar-refractivity contribution in [3.63, 3.8) is 0 Å². The molecule has 106 valence electrons. The van der Waals surface area contributed by atoms with E-state index in [9.17, 15) is 0 Å².